The SMILES string of the molecule is CCNCC(C)C(=O)NCCc1ccc(OC(F)F)cc1. The zero-order chi connectivity index (χ0) is 15.7. The number of nitrogens with one attached hydrogen (secondary N) is 2. The summed E-state index contributed by atoms with van der Waals surface area (Å²) in [6.07, 6.45) is 0.647. The standard InChI is InChI=1S/C15H22F2N2O2/c1-3-18-10-11(2)14(20)19-9-8-12-4-6-13(7-5-12)21-15(16)17/h4-7,11,15,18H,3,8-10H2,1-2H3,(H,19,20). The number of benzene rings is 1. The lowest BCUT2D eigenvalue weighted by atomic mass is 10.1. The highest BCUT2D eigenvalue weighted by molar-refractivity contribution is 5.78. The fourth-order valence-electron chi connectivity index (χ4n) is 1.80. The summed E-state index contributed by atoms with van der Waals surface area (Å²) in [6.45, 7) is 3.06. The predicted molar refractivity (Wildman–Crippen MR) is 77.5 cm³/mol. The van der Waals surface area contributed by atoms with Crippen LogP contribution in [0.3, 0.4) is 0 Å². The van der Waals surface area contributed by atoms with Gasteiger partial charge in [-0.3, -0.25) is 4.79 Å². The second kappa shape index (κ2) is 9.28. The van der Waals surface area contributed by atoms with Gasteiger partial charge in [-0.1, -0.05) is 26.0 Å². The topological polar surface area (TPSA) is 50.4 Å². The number of halogens is 2. The van der Waals surface area contributed by atoms with Crippen molar-refractivity contribution in [3.63, 3.8) is 0 Å². The van der Waals surface area contributed by atoms with E-state index in [1.807, 2.05) is 13.8 Å². The summed E-state index contributed by atoms with van der Waals surface area (Å²) in [5.74, 6) is 0.0671. The lowest BCUT2D eigenvalue weighted by molar-refractivity contribution is -0.124. The Hall–Kier alpha value is -1.69. The van der Waals surface area contributed by atoms with E-state index < -0.39 is 6.61 Å². The van der Waals surface area contributed by atoms with E-state index in [0.717, 1.165) is 12.1 Å². The van der Waals surface area contributed by atoms with Gasteiger partial charge in [0.1, 0.15) is 5.75 Å². The van der Waals surface area contributed by atoms with Gasteiger partial charge in [-0.15, -0.1) is 0 Å². The molecule has 0 aliphatic carbocycles. The monoisotopic (exact) mass is 300 g/mol. The molecule has 1 unspecified atom stereocenters. The third-order valence-electron chi connectivity index (χ3n) is 3.01. The smallest absolute Gasteiger partial charge is 0.387 e. The molecule has 4 nitrogen and oxygen atoms in total. The zero-order valence-electron chi connectivity index (χ0n) is 12.4. The van der Waals surface area contributed by atoms with Gasteiger partial charge < -0.3 is 15.4 Å². The molecule has 0 aromatic heterocycles. The van der Waals surface area contributed by atoms with E-state index in [1.54, 1.807) is 12.1 Å². The molecule has 0 aliphatic rings. The van der Waals surface area contributed by atoms with Crippen LogP contribution in [0.15, 0.2) is 24.3 Å². The van der Waals surface area contributed by atoms with E-state index in [9.17, 15) is 13.6 Å². The number of alkyl halides is 2. The number of hydrogen-bond acceptors (Lipinski definition) is 3. The molecule has 118 valence electrons. The second-order valence-electron chi connectivity index (χ2n) is 4.77. The van der Waals surface area contributed by atoms with Crippen molar-refractivity contribution in [2.75, 3.05) is 19.6 Å². The van der Waals surface area contributed by atoms with Crippen LogP contribution in [-0.4, -0.2) is 32.2 Å². The second-order valence-corrected chi connectivity index (χ2v) is 4.77. The van der Waals surface area contributed by atoms with Crippen LogP contribution in [0.2, 0.25) is 0 Å². The molecule has 1 atom stereocenters. The Bertz CT molecular complexity index is 424. The fourth-order valence-corrected chi connectivity index (χ4v) is 1.80. The molecule has 6 heteroatoms. The largest absolute Gasteiger partial charge is 0.435 e. The normalized spacial score (nSPS) is 12.2. The van der Waals surface area contributed by atoms with E-state index in [4.69, 9.17) is 0 Å². The summed E-state index contributed by atoms with van der Waals surface area (Å²) in [7, 11) is 0. The molecule has 1 rings (SSSR count). The predicted octanol–water partition coefficient (Wildman–Crippen LogP) is 2.19. The first-order chi connectivity index (χ1) is 10.0. The molecule has 1 aromatic carbocycles. The molecular formula is C15H22F2N2O2. The maximum absolute atomic E-state index is 12.0. The molecule has 0 aliphatic heterocycles. The molecule has 0 fully saturated rings. The van der Waals surface area contributed by atoms with Crippen LogP contribution >= 0.6 is 0 Å². The number of ether oxygens (including phenoxy) is 1. The van der Waals surface area contributed by atoms with Crippen LogP contribution in [0.4, 0.5) is 8.78 Å². The van der Waals surface area contributed by atoms with Crippen molar-refractivity contribution >= 4 is 5.91 Å². The molecule has 2 N–H and O–H groups in total. The summed E-state index contributed by atoms with van der Waals surface area (Å²) >= 11 is 0. The van der Waals surface area contributed by atoms with Gasteiger partial charge in [-0.05, 0) is 30.7 Å². The van der Waals surface area contributed by atoms with Crippen LogP contribution in [-0.2, 0) is 11.2 Å². The van der Waals surface area contributed by atoms with Crippen LogP contribution in [0.1, 0.15) is 19.4 Å². The minimum Gasteiger partial charge on any atom is -0.435 e. The van der Waals surface area contributed by atoms with Crippen molar-refractivity contribution in [1.29, 1.82) is 0 Å². The number of hydrogen-bond donors (Lipinski definition) is 2. The first kappa shape index (κ1) is 17.4. The van der Waals surface area contributed by atoms with Gasteiger partial charge in [-0.2, -0.15) is 8.78 Å². The number of carbonyl (C=O) groups is 1. The molecule has 0 spiro atoms. The average Bonchev–Trinajstić information content (AvgIpc) is 2.45. The lowest BCUT2D eigenvalue weighted by Crippen LogP contribution is -2.36. The first-order valence-electron chi connectivity index (χ1n) is 7.05. The molecule has 0 heterocycles. The molecule has 0 radical (unpaired) electrons. The van der Waals surface area contributed by atoms with Crippen molar-refractivity contribution in [2.24, 2.45) is 5.92 Å². The van der Waals surface area contributed by atoms with Crippen molar-refractivity contribution in [3.8, 4) is 5.75 Å². The Morgan fingerprint density at radius 3 is 2.52 bits per heavy atom. The Morgan fingerprint density at radius 1 is 1.29 bits per heavy atom. The van der Waals surface area contributed by atoms with Gasteiger partial charge >= 0.3 is 6.61 Å². The molecule has 1 amide bonds. The minimum atomic E-state index is -2.81. The highest BCUT2D eigenvalue weighted by Gasteiger charge is 2.11. The van der Waals surface area contributed by atoms with Crippen molar-refractivity contribution in [2.45, 2.75) is 26.9 Å². The Morgan fingerprint density at radius 2 is 1.95 bits per heavy atom. The highest BCUT2D eigenvalue weighted by Crippen LogP contribution is 2.14. The maximum Gasteiger partial charge on any atom is 0.387 e. The van der Waals surface area contributed by atoms with E-state index in [2.05, 4.69) is 15.4 Å². The quantitative estimate of drug-likeness (QED) is 0.735. The van der Waals surface area contributed by atoms with Crippen molar-refractivity contribution < 1.29 is 18.3 Å². The van der Waals surface area contributed by atoms with Gasteiger partial charge in [0.2, 0.25) is 5.91 Å². The fraction of sp³-hybridized carbons (Fsp3) is 0.533. The number of carbonyl (C=O) groups excluding carboxylic acids is 1. The summed E-state index contributed by atoms with van der Waals surface area (Å²) in [5, 5.41) is 5.98. The van der Waals surface area contributed by atoms with Gasteiger partial charge in [0.05, 0.1) is 0 Å². The van der Waals surface area contributed by atoms with Crippen LogP contribution < -0.4 is 15.4 Å². The molecule has 0 bridgehead atoms. The molecular weight excluding hydrogens is 278 g/mol. The first-order valence-corrected chi connectivity index (χ1v) is 7.05. The van der Waals surface area contributed by atoms with Crippen molar-refractivity contribution in [1.82, 2.24) is 10.6 Å². The van der Waals surface area contributed by atoms with E-state index in [1.165, 1.54) is 12.1 Å². The minimum absolute atomic E-state index is 0.00797. The summed E-state index contributed by atoms with van der Waals surface area (Å²) in [5.41, 5.74) is 0.955. The Kier molecular flexibility index (Phi) is 7.68. The highest BCUT2D eigenvalue weighted by atomic mass is 19.3. The van der Waals surface area contributed by atoms with E-state index >= 15 is 0 Å². The molecule has 0 saturated carbocycles. The third kappa shape index (κ3) is 7.04. The summed E-state index contributed by atoms with van der Waals surface area (Å²) in [4.78, 5) is 11.8. The number of rotatable bonds is 9. The number of amides is 1. The molecule has 1 aromatic rings. The van der Waals surface area contributed by atoms with Crippen LogP contribution in [0.25, 0.3) is 0 Å². The summed E-state index contributed by atoms with van der Waals surface area (Å²) in [6, 6.07) is 6.42. The van der Waals surface area contributed by atoms with Crippen LogP contribution in [0.5, 0.6) is 5.75 Å². The van der Waals surface area contributed by atoms with Gasteiger partial charge in [-0.25, -0.2) is 0 Å². The maximum atomic E-state index is 12.0. The Labute approximate surface area is 123 Å². The third-order valence-corrected chi connectivity index (χ3v) is 3.01. The van der Waals surface area contributed by atoms with Crippen LogP contribution in [0, 0.1) is 5.92 Å². The van der Waals surface area contributed by atoms with Gasteiger partial charge in [0.15, 0.2) is 0 Å². The van der Waals surface area contributed by atoms with E-state index in [-0.39, 0.29) is 17.6 Å². The molecule has 21 heavy (non-hydrogen) atoms. The van der Waals surface area contributed by atoms with Crippen molar-refractivity contribution in [3.05, 3.63) is 29.8 Å². The Balaban J connectivity index is 2.30. The van der Waals surface area contributed by atoms with Gasteiger partial charge in [0.25, 0.3) is 0 Å². The summed E-state index contributed by atoms with van der Waals surface area (Å²) < 4.78 is 28.3. The average molecular weight is 300 g/mol. The van der Waals surface area contributed by atoms with E-state index in [0.29, 0.717) is 19.5 Å². The molecule has 0 saturated heterocycles. The zero-order valence-corrected chi connectivity index (χ0v) is 12.4. The lowest BCUT2D eigenvalue weighted by Gasteiger charge is -2.12. The van der Waals surface area contributed by atoms with Gasteiger partial charge in [0, 0.05) is 19.0 Å².